The Hall–Kier alpha value is -1.59. The van der Waals surface area contributed by atoms with Gasteiger partial charge in [-0.2, -0.15) is 0 Å². The Bertz CT molecular complexity index is 457. The minimum absolute atomic E-state index is 0.302. The quantitative estimate of drug-likeness (QED) is 0.834. The van der Waals surface area contributed by atoms with Gasteiger partial charge in [0.1, 0.15) is 5.75 Å². The number of likely N-dealkylation sites (N-methyl/N-ethyl adjacent to an activating group) is 1. The summed E-state index contributed by atoms with van der Waals surface area (Å²) in [4.78, 5) is 12.8. The van der Waals surface area contributed by atoms with Crippen LogP contribution in [0.2, 0.25) is 0 Å². The van der Waals surface area contributed by atoms with E-state index >= 15 is 0 Å². The number of aliphatic carboxylic acids is 1. The highest BCUT2D eigenvalue weighted by atomic mass is 16.5. The molecule has 1 saturated heterocycles. The van der Waals surface area contributed by atoms with Gasteiger partial charge in [-0.25, -0.2) is 4.79 Å². The van der Waals surface area contributed by atoms with Crippen molar-refractivity contribution in [3.05, 3.63) is 29.8 Å². The minimum Gasteiger partial charge on any atom is -0.482 e. The fraction of sp³-hybridized carbons (Fsp3) is 0.562. The molecule has 0 aromatic heterocycles. The summed E-state index contributed by atoms with van der Waals surface area (Å²) in [5.41, 5.74) is 0.997. The molecule has 0 amide bonds. The van der Waals surface area contributed by atoms with Crippen LogP contribution < -0.4 is 4.74 Å². The van der Waals surface area contributed by atoms with E-state index in [0.29, 0.717) is 11.9 Å². The highest BCUT2D eigenvalue weighted by Gasteiger charge is 2.16. The van der Waals surface area contributed by atoms with E-state index in [0.717, 1.165) is 38.1 Å². The Labute approximate surface area is 125 Å². The van der Waals surface area contributed by atoms with Crippen LogP contribution in [0.1, 0.15) is 24.8 Å². The van der Waals surface area contributed by atoms with Crippen molar-refractivity contribution in [3.8, 4) is 5.75 Å². The Kier molecular flexibility index (Phi) is 6.02. The van der Waals surface area contributed by atoms with Crippen LogP contribution >= 0.6 is 0 Å². The van der Waals surface area contributed by atoms with Crippen LogP contribution in [0.3, 0.4) is 0 Å². The van der Waals surface area contributed by atoms with Crippen molar-refractivity contribution >= 4 is 5.97 Å². The van der Waals surface area contributed by atoms with Gasteiger partial charge in [0.2, 0.25) is 0 Å². The van der Waals surface area contributed by atoms with Crippen molar-refractivity contribution in [3.63, 3.8) is 0 Å². The molecule has 1 fully saturated rings. The van der Waals surface area contributed by atoms with Gasteiger partial charge in [0.15, 0.2) is 6.61 Å². The topological polar surface area (TPSA) is 59.0 Å². The zero-order valence-electron chi connectivity index (χ0n) is 12.5. The van der Waals surface area contributed by atoms with Crippen molar-refractivity contribution in [1.29, 1.82) is 0 Å². The van der Waals surface area contributed by atoms with E-state index in [9.17, 15) is 4.79 Å². The number of carbonyl (C=O) groups is 1. The molecule has 1 heterocycles. The van der Waals surface area contributed by atoms with E-state index in [2.05, 4.69) is 4.90 Å². The molecular weight excluding hydrogens is 270 g/mol. The second-order valence-corrected chi connectivity index (χ2v) is 5.48. The van der Waals surface area contributed by atoms with Crippen LogP contribution in [-0.4, -0.2) is 48.9 Å². The molecule has 0 spiro atoms. The first-order chi connectivity index (χ1) is 10.1. The molecule has 0 unspecified atom stereocenters. The molecule has 1 aromatic rings. The second-order valence-electron chi connectivity index (χ2n) is 5.48. The Morgan fingerprint density at radius 2 is 2.24 bits per heavy atom. The second kappa shape index (κ2) is 8.00. The van der Waals surface area contributed by atoms with Gasteiger partial charge in [-0.3, -0.25) is 4.90 Å². The van der Waals surface area contributed by atoms with E-state index in [1.54, 1.807) is 0 Å². The molecule has 1 atom stereocenters. The smallest absolute Gasteiger partial charge is 0.341 e. The molecule has 5 heteroatoms. The first kappa shape index (κ1) is 15.8. The van der Waals surface area contributed by atoms with Gasteiger partial charge in [-0.05, 0) is 32.4 Å². The van der Waals surface area contributed by atoms with E-state index < -0.39 is 5.97 Å². The highest BCUT2D eigenvalue weighted by molar-refractivity contribution is 5.68. The molecular formula is C16H23NO4. The Morgan fingerprint density at radius 1 is 1.43 bits per heavy atom. The summed E-state index contributed by atoms with van der Waals surface area (Å²) in [7, 11) is 2.05. The van der Waals surface area contributed by atoms with Gasteiger partial charge >= 0.3 is 5.97 Å². The number of nitrogens with zero attached hydrogens (tertiary/aromatic N) is 1. The molecule has 0 bridgehead atoms. The molecule has 1 aliphatic rings. The number of carboxylic acid groups (broad SMARTS) is 1. The monoisotopic (exact) mass is 293 g/mol. The molecule has 21 heavy (non-hydrogen) atoms. The molecule has 1 aromatic carbocycles. The van der Waals surface area contributed by atoms with Gasteiger partial charge < -0.3 is 14.6 Å². The number of ether oxygens (including phenoxy) is 2. The van der Waals surface area contributed by atoms with Crippen LogP contribution in [0.4, 0.5) is 0 Å². The molecule has 116 valence electrons. The highest BCUT2D eigenvalue weighted by Crippen LogP contribution is 2.20. The molecule has 1 aliphatic heterocycles. The third-order valence-corrected chi connectivity index (χ3v) is 3.55. The summed E-state index contributed by atoms with van der Waals surface area (Å²) in [5.74, 6) is -0.329. The predicted octanol–water partition coefficient (Wildman–Crippen LogP) is 2.15. The lowest BCUT2D eigenvalue weighted by Gasteiger charge is -2.27. The Morgan fingerprint density at radius 3 is 2.95 bits per heavy atom. The average Bonchev–Trinajstić information content (AvgIpc) is 2.47. The molecule has 5 nitrogen and oxygen atoms in total. The SMILES string of the molecule is CN(Cc1ccccc1OCC(=O)O)C[C@H]1CCCCO1. The molecule has 0 aliphatic carbocycles. The summed E-state index contributed by atoms with van der Waals surface area (Å²) >= 11 is 0. The first-order valence-electron chi connectivity index (χ1n) is 7.38. The lowest BCUT2D eigenvalue weighted by molar-refractivity contribution is -0.139. The maximum Gasteiger partial charge on any atom is 0.341 e. The van der Waals surface area contributed by atoms with Crippen molar-refractivity contribution in [2.45, 2.75) is 31.9 Å². The van der Waals surface area contributed by atoms with Crippen molar-refractivity contribution < 1.29 is 19.4 Å². The van der Waals surface area contributed by atoms with Gasteiger partial charge in [-0.1, -0.05) is 18.2 Å². The zero-order chi connectivity index (χ0) is 15.1. The Balaban J connectivity index is 1.89. The molecule has 0 saturated carbocycles. The van der Waals surface area contributed by atoms with Crippen LogP contribution in [0, 0.1) is 0 Å². The van der Waals surface area contributed by atoms with Crippen LogP contribution in [0.15, 0.2) is 24.3 Å². The van der Waals surface area contributed by atoms with Crippen LogP contribution in [0.25, 0.3) is 0 Å². The predicted molar refractivity (Wildman–Crippen MR) is 79.5 cm³/mol. The van der Waals surface area contributed by atoms with Crippen molar-refractivity contribution in [2.24, 2.45) is 0 Å². The fourth-order valence-electron chi connectivity index (χ4n) is 2.57. The first-order valence-corrected chi connectivity index (χ1v) is 7.38. The van der Waals surface area contributed by atoms with Gasteiger partial charge in [0, 0.05) is 25.3 Å². The summed E-state index contributed by atoms with van der Waals surface area (Å²) in [5, 5.41) is 8.71. The van der Waals surface area contributed by atoms with Crippen LogP contribution in [-0.2, 0) is 16.1 Å². The number of carboxylic acids is 1. The van der Waals surface area contributed by atoms with E-state index in [1.165, 1.54) is 6.42 Å². The standard InChI is InChI=1S/C16H23NO4/c1-17(11-14-7-4-5-9-20-14)10-13-6-2-3-8-15(13)21-12-16(18)19/h2-3,6,8,14H,4-5,7,9-12H2,1H3,(H,18,19)/t14-/m1/s1. The lowest BCUT2D eigenvalue weighted by Crippen LogP contribution is -2.33. The maximum atomic E-state index is 10.6. The fourth-order valence-corrected chi connectivity index (χ4v) is 2.57. The van der Waals surface area contributed by atoms with E-state index in [-0.39, 0.29) is 6.61 Å². The summed E-state index contributed by atoms with van der Waals surface area (Å²) in [6.45, 7) is 2.15. The molecule has 0 radical (unpaired) electrons. The third-order valence-electron chi connectivity index (χ3n) is 3.55. The lowest BCUT2D eigenvalue weighted by atomic mass is 10.1. The molecule has 2 rings (SSSR count). The normalized spacial score (nSPS) is 18.7. The summed E-state index contributed by atoms with van der Waals surface area (Å²) < 4.78 is 11.1. The third kappa shape index (κ3) is 5.36. The summed E-state index contributed by atoms with van der Waals surface area (Å²) in [6, 6.07) is 7.57. The number of rotatable bonds is 7. The number of hydrogen-bond donors (Lipinski definition) is 1. The van der Waals surface area contributed by atoms with E-state index in [1.807, 2.05) is 31.3 Å². The zero-order valence-corrected chi connectivity index (χ0v) is 12.5. The van der Waals surface area contributed by atoms with Gasteiger partial charge in [-0.15, -0.1) is 0 Å². The van der Waals surface area contributed by atoms with Gasteiger partial charge in [0.05, 0.1) is 6.10 Å². The average molecular weight is 293 g/mol. The maximum absolute atomic E-state index is 10.6. The van der Waals surface area contributed by atoms with Crippen molar-refractivity contribution in [1.82, 2.24) is 4.90 Å². The minimum atomic E-state index is -0.964. The number of para-hydroxylation sites is 1. The summed E-state index contributed by atoms with van der Waals surface area (Å²) in [6.07, 6.45) is 3.81. The number of hydrogen-bond acceptors (Lipinski definition) is 4. The van der Waals surface area contributed by atoms with Crippen molar-refractivity contribution in [2.75, 3.05) is 26.8 Å². The largest absolute Gasteiger partial charge is 0.482 e. The van der Waals surface area contributed by atoms with Crippen LogP contribution in [0.5, 0.6) is 5.75 Å². The number of benzene rings is 1. The van der Waals surface area contributed by atoms with E-state index in [4.69, 9.17) is 14.6 Å². The van der Waals surface area contributed by atoms with Gasteiger partial charge in [0.25, 0.3) is 0 Å². The molecule has 1 N–H and O–H groups in total.